The van der Waals surface area contributed by atoms with Gasteiger partial charge in [0.2, 0.25) is 0 Å². The van der Waals surface area contributed by atoms with Gasteiger partial charge in [-0.1, -0.05) is 31.2 Å². The second-order valence-electron chi connectivity index (χ2n) is 4.98. The molecular weight excluding hydrogens is 239 g/mol. The third kappa shape index (κ3) is 2.26. The van der Waals surface area contributed by atoms with Gasteiger partial charge in [0.25, 0.3) is 0 Å². The Labute approximate surface area is 112 Å². The van der Waals surface area contributed by atoms with E-state index >= 15 is 0 Å². The normalized spacial score (nSPS) is 18.5. The molecule has 0 saturated carbocycles. The van der Waals surface area contributed by atoms with Crippen LogP contribution < -0.4 is 5.32 Å². The molecule has 0 saturated heterocycles. The Morgan fingerprint density at radius 1 is 1.37 bits per heavy atom. The van der Waals surface area contributed by atoms with Crippen LogP contribution in [0.15, 0.2) is 42.7 Å². The van der Waals surface area contributed by atoms with E-state index in [9.17, 15) is 4.39 Å². The summed E-state index contributed by atoms with van der Waals surface area (Å²) >= 11 is 0. The second-order valence-corrected chi connectivity index (χ2v) is 4.98. The van der Waals surface area contributed by atoms with Gasteiger partial charge in [-0.2, -0.15) is 0 Å². The zero-order chi connectivity index (χ0) is 13.2. The number of halogens is 1. The first-order valence-corrected chi connectivity index (χ1v) is 6.71. The Bertz CT molecular complexity index is 582. The molecule has 0 aliphatic heterocycles. The zero-order valence-electron chi connectivity index (χ0n) is 10.9. The number of aromatic nitrogens is 1. The summed E-state index contributed by atoms with van der Waals surface area (Å²) in [5, 5.41) is 3.46. The van der Waals surface area contributed by atoms with Crippen molar-refractivity contribution < 1.29 is 4.39 Å². The van der Waals surface area contributed by atoms with Crippen LogP contribution in [0.2, 0.25) is 0 Å². The van der Waals surface area contributed by atoms with Crippen molar-refractivity contribution in [2.24, 2.45) is 0 Å². The first-order valence-electron chi connectivity index (χ1n) is 6.71. The molecule has 19 heavy (non-hydrogen) atoms. The molecule has 3 heteroatoms. The van der Waals surface area contributed by atoms with E-state index in [4.69, 9.17) is 0 Å². The third-order valence-corrected chi connectivity index (χ3v) is 3.81. The van der Waals surface area contributed by atoms with E-state index < -0.39 is 0 Å². The molecule has 0 bridgehead atoms. The van der Waals surface area contributed by atoms with Crippen LogP contribution in [-0.2, 0) is 6.42 Å². The van der Waals surface area contributed by atoms with Crippen molar-refractivity contribution in [3.8, 4) is 0 Å². The Balaban J connectivity index is 1.91. The van der Waals surface area contributed by atoms with Crippen LogP contribution in [0.3, 0.4) is 0 Å². The minimum Gasteiger partial charge on any atom is -0.310 e. The highest BCUT2D eigenvalue weighted by atomic mass is 19.1. The van der Waals surface area contributed by atoms with Crippen LogP contribution in [0, 0.1) is 5.82 Å². The molecule has 1 aromatic carbocycles. The first kappa shape index (κ1) is 12.3. The summed E-state index contributed by atoms with van der Waals surface area (Å²) < 4.78 is 13.4. The first-order chi connectivity index (χ1) is 9.29. The highest BCUT2D eigenvalue weighted by molar-refractivity contribution is 5.42. The number of hydrogen-bond acceptors (Lipinski definition) is 2. The molecule has 98 valence electrons. The van der Waals surface area contributed by atoms with Gasteiger partial charge >= 0.3 is 0 Å². The second kappa shape index (κ2) is 5.10. The van der Waals surface area contributed by atoms with E-state index in [1.165, 1.54) is 17.3 Å². The summed E-state index contributed by atoms with van der Waals surface area (Å²) in [7, 11) is 0. The molecule has 0 amide bonds. The van der Waals surface area contributed by atoms with Crippen molar-refractivity contribution in [2.45, 2.75) is 25.3 Å². The quantitative estimate of drug-likeness (QED) is 0.908. The van der Waals surface area contributed by atoms with Crippen LogP contribution in [0.1, 0.15) is 35.6 Å². The highest BCUT2D eigenvalue weighted by Crippen LogP contribution is 2.43. The van der Waals surface area contributed by atoms with Gasteiger partial charge < -0.3 is 5.32 Å². The Hall–Kier alpha value is -1.74. The minimum atomic E-state index is -0.270. The van der Waals surface area contributed by atoms with Crippen molar-refractivity contribution in [1.82, 2.24) is 10.3 Å². The molecule has 0 spiro atoms. The maximum absolute atomic E-state index is 13.4. The fraction of sp³-hybridized carbons (Fsp3) is 0.312. The van der Waals surface area contributed by atoms with Crippen LogP contribution in [0.5, 0.6) is 0 Å². The molecule has 1 heterocycles. The number of nitrogens with zero attached hydrogens (tertiary/aromatic N) is 1. The van der Waals surface area contributed by atoms with Crippen molar-refractivity contribution in [2.75, 3.05) is 6.54 Å². The van der Waals surface area contributed by atoms with Crippen LogP contribution in [0.4, 0.5) is 4.39 Å². The average molecular weight is 256 g/mol. The van der Waals surface area contributed by atoms with Crippen LogP contribution in [0.25, 0.3) is 0 Å². The lowest BCUT2D eigenvalue weighted by molar-refractivity contribution is 0.417. The molecule has 2 aromatic rings. The number of likely N-dealkylation sites (N-methyl/N-ethyl adjacent to an activating group) is 1. The van der Waals surface area contributed by atoms with Crippen LogP contribution in [-0.4, -0.2) is 11.5 Å². The zero-order valence-corrected chi connectivity index (χ0v) is 10.9. The predicted molar refractivity (Wildman–Crippen MR) is 73.5 cm³/mol. The standard InChI is InChI=1S/C16H17FN2/c1-2-19-16(12-7-13(17)10-18-9-12)15-8-11-5-3-4-6-14(11)15/h3-7,9-10,15-16,19H,2,8H2,1H3. The lowest BCUT2D eigenvalue weighted by Gasteiger charge is -2.37. The van der Waals surface area contributed by atoms with E-state index in [2.05, 4.69) is 41.5 Å². The van der Waals surface area contributed by atoms with Gasteiger partial charge in [0.05, 0.1) is 6.20 Å². The van der Waals surface area contributed by atoms with Gasteiger partial charge in [0, 0.05) is 18.2 Å². The summed E-state index contributed by atoms with van der Waals surface area (Å²) in [6, 6.07) is 10.2. The van der Waals surface area contributed by atoms with Gasteiger partial charge in [0.15, 0.2) is 0 Å². The minimum absolute atomic E-state index is 0.142. The topological polar surface area (TPSA) is 24.9 Å². The van der Waals surface area contributed by atoms with Crippen molar-refractivity contribution >= 4 is 0 Å². The molecule has 2 unspecified atom stereocenters. The molecular formula is C16H17FN2. The maximum Gasteiger partial charge on any atom is 0.141 e. The lowest BCUT2D eigenvalue weighted by Crippen LogP contribution is -2.33. The van der Waals surface area contributed by atoms with Crippen molar-refractivity contribution in [1.29, 1.82) is 0 Å². The molecule has 2 nitrogen and oxygen atoms in total. The Morgan fingerprint density at radius 3 is 2.95 bits per heavy atom. The number of fused-ring (bicyclic) bond motifs is 1. The summed E-state index contributed by atoms with van der Waals surface area (Å²) in [4.78, 5) is 3.97. The maximum atomic E-state index is 13.4. The number of benzene rings is 1. The van der Waals surface area contributed by atoms with E-state index in [0.717, 1.165) is 18.5 Å². The van der Waals surface area contributed by atoms with Gasteiger partial charge in [-0.05, 0) is 35.7 Å². The van der Waals surface area contributed by atoms with E-state index in [0.29, 0.717) is 5.92 Å². The highest BCUT2D eigenvalue weighted by Gasteiger charge is 2.33. The number of nitrogens with one attached hydrogen (secondary N) is 1. The smallest absolute Gasteiger partial charge is 0.141 e. The number of rotatable bonds is 4. The van der Waals surface area contributed by atoms with Crippen LogP contribution >= 0.6 is 0 Å². The molecule has 1 N–H and O–H groups in total. The van der Waals surface area contributed by atoms with Crippen molar-refractivity contribution in [3.05, 3.63) is 65.2 Å². The number of pyridine rings is 1. The summed E-state index contributed by atoms with van der Waals surface area (Å²) in [6.07, 6.45) is 4.06. The third-order valence-electron chi connectivity index (χ3n) is 3.81. The molecule has 0 radical (unpaired) electrons. The van der Waals surface area contributed by atoms with E-state index in [-0.39, 0.29) is 11.9 Å². The molecule has 1 aliphatic rings. The molecule has 0 fully saturated rings. The molecule has 3 rings (SSSR count). The van der Waals surface area contributed by atoms with Gasteiger partial charge in [-0.15, -0.1) is 0 Å². The molecule has 2 atom stereocenters. The van der Waals surface area contributed by atoms with E-state index in [1.54, 1.807) is 12.3 Å². The largest absolute Gasteiger partial charge is 0.310 e. The fourth-order valence-electron chi connectivity index (χ4n) is 2.91. The monoisotopic (exact) mass is 256 g/mol. The average Bonchev–Trinajstić information content (AvgIpc) is 2.39. The van der Waals surface area contributed by atoms with Gasteiger partial charge in [0.1, 0.15) is 5.82 Å². The lowest BCUT2D eigenvalue weighted by atomic mass is 9.72. The fourth-order valence-corrected chi connectivity index (χ4v) is 2.91. The summed E-state index contributed by atoms with van der Waals surface area (Å²) in [5.74, 6) is 0.146. The molecule has 1 aliphatic carbocycles. The Kier molecular flexibility index (Phi) is 3.30. The van der Waals surface area contributed by atoms with Crippen molar-refractivity contribution in [3.63, 3.8) is 0 Å². The van der Waals surface area contributed by atoms with Gasteiger partial charge in [-0.25, -0.2) is 4.39 Å². The molecule has 1 aromatic heterocycles. The SMILES string of the molecule is CCNC(c1cncc(F)c1)C1Cc2ccccc21. The van der Waals surface area contributed by atoms with E-state index in [1.807, 2.05) is 0 Å². The summed E-state index contributed by atoms with van der Waals surface area (Å²) in [6.45, 7) is 2.93. The predicted octanol–water partition coefficient (Wildman–Crippen LogP) is 3.21. The Morgan fingerprint density at radius 2 is 2.21 bits per heavy atom. The number of hydrogen-bond donors (Lipinski definition) is 1. The van der Waals surface area contributed by atoms with Gasteiger partial charge in [-0.3, -0.25) is 4.98 Å². The summed E-state index contributed by atoms with van der Waals surface area (Å²) in [5.41, 5.74) is 3.71.